The van der Waals surface area contributed by atoms with Gasteiger partial charge in [-0.05, 0) is 12.1 Å². The molecule has 2 N–H and O–H groups in total. The topological polar surface area (TPSA) is 75.6 Å². The third kappa shape index (κ3) is 2.97. The first-order valence-corrected chi connectivity index (χ1v) is 4.48. The van der Waals surface area contributed by atoms with Crippen LogP contribution >= 0.6 is 0 Å². The maximum Gasteiger partial charge on any atom is 0.356 e. The molecule has 1 atom stereocenters. The van der Waals surface area contributed by atoms with Gasteiger partial charge >= 0.3 is 5.97 Å². The van der Waals surface area contributed by atoms with Crippen LogP contribution in [0.15, 0.2) is 18.2 Å². The second kappa shape index (κ2) is 5.35. The van der Waals surface area contributed by atoms with Crippen LogP contribution in [0.2, 0.25) is 0 Å². The summed E-state index contributed by atoms with van der Waals surface area (Å²) < 4.78 is 30.4. The molecule has 7 heteroatoms. The number of rotatable bonds is 3. The Kier molecular flexibility index (Phi) is 4.11. The van der Waals surface area contributed by atoms with Crippen molar-refractivity contribution in [2.75, 3.05) is 7.11 Å². The van der Waals surface area contributed by atoms with Gasteiger partial charge in [0.25, 0.3) is 5.91 Å². The highest BCUT2D eigenvalue weighted by atomic mass is 19.1. The van der Waals surface area contributed by atoms with Crippen molar-refractivity contribution in [2.45, 2.75) is 6.23 Å². The van der Waals surface area contributed by atoms with Crippen molar-refractivity contribution in [3.63, 3.8) is 0 Å². The Morgan fingerprint density at radius 2 is 1.88 bits per heavy atom. The van der Waals surface area contributed by atoms with Gasteiger partial charge in [0.05, 0.1) is 7.11 Å². The van der Waals surface area contributed by atoms with E-state index in [0.29, 0.717) is 0 Å². The van der Waals surface area contributed by atoms with E-state index in [1.54, 1.807) is 5.32 Å². The molecule has 1 unspecified atom stereocenters. The molecule has 1 amide bonds. The lowest BCUT2D eigenvalue weighted by molar-refractivity contribution is -0.151. The van der Waals surface area contributed by atoms with E-state index in [-0.39, 0.29) is 0 Å². The van der Waals surface area contributed by atoms with Crippen LogP contribution in [0.5, 0.6) is 0 Å². The lowest BCUT2D eigenvalue weighted by atomic mass is 10.2. The van der Waals surface area contributed by atoms with Crippen molar-refractivity contribution < 1.29 is 28.2 Å². The molecule has 0 saturated heterocycles. The summed E-state index contributed by atoms with van der Waals surface area (Å²) in [5.74, 6) is -4.59. The fourth-order valence-corrected chi connectivity index (χ4v) is 1.08. The van der Waals surface area contributed by atoms with E-state index in [0.717, 1.165) is 25.3 Å². The molecule has 0 aliphatic rings. The Hall–Kier alpha value is -2.02. The van der Waals surface area contributed by atoms with Crippen LogP contribution in [0.4, 0.5) is 8.78 Å². The van der Waals surface area contributed by atoms with E-state index in [1.807, 2.05) is 0 Å². The standard InChI is InChI=1S/C10H9F2NO4/c1-17-10(16)9(15)13-8(14)7-5(11)3-2-4-6(7)12/h2-4,9,15H,1H3,(H,13,14). The molecule has 0 radical (unpaired) electrons. The fraction of sp³-hybridized carbons (Fsp3) is 0.200. The molecule has 5 nitrogen and oxygen atoms in total. The number of amides is 1. The average molecular weight is 245 g/mol. The van der Waals surface area contributed by atoms with Crippen molar-refractivity contribution in [3.05, 3.63) is 35.4 Å². The highest BCUT2D eigenvalue weighted by Crippen LogP contribution is 2.11. The second-order valence-corrected chi connectivity index (χ2v) is 3.00. The Morgan fingerprint density at radius 3 is 2.35 bits per heavy atom. The predicted octanol–water partition coefficient (Wildman–Crippen LogP) is 0.186. The number of carbonyl (C=O) groups excluding carboxylic acids is 2. The SMILES string of the molecule is COC(=O)C(O)NC(=O)c1c(F)cccc1F. The summed E-state index contributed by atoms with van der Waals surface area (Å²) >= 11 is 0. The molecule has 1 aromatic carbocycles. The largest absolute Gasteiger partial charge is 0.466 e. The van der Waals surface area contributed by atoms with Gasteiger partial charge in [-0.15, -0.1) is 0 Å². The van der Waals surface area contributed by atoms with Gasteiger partial charge in [-0.2, -0.15) is 0 Å². The third-order valence-electron chi connectivity index (χ3n) is 1.88. The van der Waals surface area contributed by atoms with Gasteiger partial charge in [-0.1, -0.05) is 6.07 Å². The fourth-order valence-electron chi connectivity index (χ4n) is 1.08. The molecule has 0 heterocycles. The molecule has 17 heavy (non-hydrogen) atoms. The summed E-state index contributed by atoms with van der Waals surface area (Å²) in [4.78, 5) is 22.1. The minimum Gasteiger partial charge on any atom is -0.466 e. The minimum atomic E-state index is -1.98. The Morgan fingerprint density at radius 1 is 1.35 bits per heavy atom. The molecule has 1 rings (SSSR count). The zero-order valence-corrected chi connectivity index (χ0v) is 8.74. The lowest BCUT2D eigenvalue weighted by Gasteiger charge is -2.11. The molecule has 0 aliphatic carbocycles. The van der Waals surface area contributed by atoms with Crippen LogP contribution in [0, 0.1) is 11.6 Å². The number of carbonyl (C=O) groups is 2. The molecular formula is C10H9F2NO4. The summed E-state index contributed by atoms with van der Waals surface area (Å²) in [5.41, 5.74) is -0.879. The molecular weight excluding hydrogens is 236 g/mol. The molecule has 0 aromatic heterocycles. The molecule has 0 spiro atoms. The van der Waals surface area contributed by atoms with Crippen LogP contribution < -0.4 is 5.32 Å². The van der Waals surface area contributed by atoms with Crippen molar-refractivity contribution in [1.82, 2.24) is 5.32 Å². The summed E-state index contributed by atoms with van der Waals surface area (Å²) in [5, 5.41) is 10.8. The summed E-state index contributed by atoms with van der Waals surface area (Å²) in [6.07, 6.45) is -1.98. The minimum absolute atomic E-state index is 0.877. The molecule has 0 fully saturated rings. The molecule has 0 saturated carbocycles. The van der Waals surface area contributed by atoms with Crippen LogP contribution in [-0.2, 0) is 9.53 Å². The Balaban J connectivity index is 2.87. The van der Waals surface area contributed by atoms with Gasteiger partial charge in [0.1, 0.15) is 17.2 Å². The highest BCUT2D eigenvalue weighted by molar-refractivity contribution is 5.96. The van der Waals surface area contributed by atoms with Gasteiger partial charge in [-0.25, -0.2) is 13.6 Å². The number of aliphatic hydroxyl groups is 1. The van der Waals surface area contributed by atoms with E-state index >= 15 is 0 Å². The van der Waals surface area contributed by atoms with E-state index < -0.39 is 35.3 Å². The number of halogens is 2. The van der Waals surface area contributed by atoms with E-state index in [1.165, 1.54) is 0 Å². The van der Waals surface area contributed by atoms with Gasteiger partial charge < -0.3 is 15.2 Å². The zero-order valence-electron chi connectivity index (χ0n) is 8.74. The summed E-state index contributed by atoms with van der Waals surface area (Å²) in [7, 11) is 0.987. The van der Waals surface area contributed by atoms with Gasteiger partial charge in [0, 0.05) is 0 Å². The Bertz CT molecular complexity index is 430. The van der Waals surface area contributed by atoms with Crippen LogP contribution in [0.25, 0.3) is 0 Å². The number of aliphatic hydroxyl groups excluding tert-OH is 1. The number of nitrogens with one attached hydrogen (secondary N) is 1. The maximum absolute atomic E-state index is 13.1. The van der Waals surface area contributed by atoms with Crippen molar-refractivity contribution in [2.24, 2.45) is 0 Å². The van der Waals surface area contributed by atoms with Crippen LogP contribution in [-0.4, -0.2) is 30.3 Å². The first-order valence-electron chi connectivity index (χ1n) is 4.48. The smallest absolute Gasteiger partial charge is 0.356 e. The maximum atomic E-state index is 13.1. The number of benzene rings is 1. The van der Waals surface area contributed by atoms with Crippen molar-refractivity contribution in [1.29, 1.82) is 0 Å². The number of methoxy groups -OCH3 is 1. The molecule has 0 aliphatic heterocycles. The highest BCUT2D eigenvalue weighted by Gasteiger charge is 2.23. The zero-order chi connectivity index (χ0) is 13.0. The second-order valence-electron chi connectivity index (χ2n) is 3.00. The number of hydrogen-bond donors (Lipinski definition) is 2. The molecule has 1 aromatic rings. The number of esters is 1. The van der Waals surface area contributed by atoms with Gasteiger partial charge in [0.15, 0.2) is 0 Å². The monoisotopic (exact) mass is 245 g/mol. The third-order valence-corrected chi connectivity index (χ3v) is 1.88. The van der Waals surface area contributed by atoms with E-state index in [4.69, 9.17) is 5.11 Å². The number of ether oxygens (including phenoxy) is 1. The van der Waals surface area contributed by atoms with Gasteiger partial charge in [-0.3, -0.25) is 4.79 Å². The molecule has 92 valence electrons. The summed E-state index contributed by atoms with van der Waals surface area (Å²) in [6, 6.07) is 2.84. The normalized spacial score (nSPS) is 11.8. The quantitative estimate of drug-likeness (QED) is 0.588. The number of hydrogen-bond acceptors (Lipinski definition) is 4. The van der Waals surface area contributed by atoms with E-state index in [2.05, 4.69) is 4.74 Å². The van der Waals surface area contributed by atoms with Crippen LogP contribution in [0.1, 0.15) is 10.4 Å². The molecule has 0 bridgehead atoms. The van der Waals surface area contributed by atoms with Crippen molar-refractivity contribution >= 4 is 11.9 Å². The first kappa shape index (κ1) is 13.0. The summed E-state index contributed by atoms with van der Waals surface area (Å²) in [6.45, 7) is 0. The van der Waals surface area contributed by atoms with E-state index in [9.17, 15) is 18.4 Å². The lowest BCUT2D eigenvalue weighted by Crippen LogP contribution is -2.41. The van der Waals surface area contributed by atoms with Crippen LogP contribution in [0.3, 0.4) is 0 Å². The predicted molar refractivity (Wildman–Crippen MR) is 51.8 cm³/mol. The Labute approximate surface area is 95.0 Å². The average Bonchev–Trinajstić information content (AvgIpc) is 2.27. The van der Waals surface area contributed by atoms with Crippen molar-refractivity contribution in [3.8, 4) is 0 Å². The first-order chi connectivity index (χ1) is 7.97. The van der Waals surface area contributed by atoms with Gasteiger partial charge in [0.2, 0.25) is 6.23 Å².